The highest BCUT2D eigenvalue weighted by Gasteiger charge is 2.08. The zero-order chi connectivity index (χ0) is 13.8. The van der Waals surface area contributed by atoms with E-state index in [0.29, 0.717) is 17.1 Å². The number of hydrogen-bond donors (Lipinski definition) is 1. The van der Waals surface area contributed by atoms with E-state index < -0.39 is 5.97 Å². The second kappa shape index (κ2) is 5.19. The first-order valence-corrected chi connectivity index (χ1v) is 5.48. The highest BCUT2D eigenvalue weighted by Crippen LogP contribution is 2.26. The third-order valence-corrected chi connectivity index (χ3v) is 2.50. The minimum Gasteiger partial charge on any atom is -0.477 e. The molecule has 0 atom stereocenters. The van der Waals surface area contributed by atoms with Gasteiger partial charge < -0.3 is 9.84 Å². The minimum atomic E-state index is -1.12. The van der Waals surface area contributed by atoms with Crippen molar-refractivity contribution in [1.82, 2.24) is 4.98 Å². The molecule has 0 aliphatic carbocycles. The maximum absolute atomic E-state index is 10.8. The SMILES string of the molecule is Cc1ccc(C#N)cc1Oc1ccnc(C(=O)O)c1. The summed E-state index contributed by atoms with van der Waals surface area (Å²) in [5.41, 5.74) is 1.24. The number of pyridine rings is 1. The van der Waals surface area contributed by atoms with Gasteiger partial charge in [-0.3, -0.25) is 0 Å². The summed E-state index contributed by atoms with van der Waals surface area (Å²) in [5.74, 6) is -0.236. The first kappa shape index (κ1) is 12.6. The predicted molar refractivity (Wildman–Crippen MR) is 67.2 cm³/mol. The van der Waals surface area contributed by atoms with Gasteiger partial charge in [0.15, 0.2) is 5.69 Å². The number of aromatic carboxylic acids is 1. The van der Waals surface area contributed by atoms with Gasteiger partial charge in [0.1, 0.15) is 11.5 Å². The van der Waals surface area contributed by atoms with Crippen molar-refractivity contribution in [3.63, 3.8) is 0 Å². The Morgan fingerprint density at radius 3 is 2.84 bits per heavy atom. The van der Waals surface area contributed by atoms with Crippen LogP contribution in [-0.2, 0) is 0 Å². The highest BCUT2D eigenvalue weighted by molar-refractivity contribution is 5.85. The first-order valence-electron chi connectivity index (χ1n) is 5.48. The van der Waals surface area contributed by atoms with E-state index in [1.54, 1.807) is 24.3 Å². The van der Waals surface area contributed by atoms with Crippen LogP contribution in [0.25, 0.3) is 0 Å². The van der Waals surface area contributed by atoms with E-state index in [1.807, 2.05) is 13.0 Å². The Bertz CT molecular complexity index is 675. The van der Waals surface area contributed by atoms with E-state index in [2.05, 4.69) is 4.98 Å². The van der Waals surface area contributed by atoms with Gasteiger partial charge in [-0.1, -0.05) is 6.07 Å². The molecule has 2 aromatic rings. The standard InChI is InChI=1S/C14H10N2O3/c1-9-2-3-10(8-15)6-13(9)19-11-4-5-16-12(7-11)14(17)18/h2-7H,1H3,(H,17,18). The third-order valence-electron chi connectivity index (χ3n) is 2.50. The molecule has 0 saturated heterocycles. The van der Waals surface area contributed by atoms with Crippen molar-refractivity contribution in [2.75, 3.05) is 0 Å². The number of aryl methyl sites for hydroxylation is 1. The number of aromatic nitrogens is 1. The Kier molecular flexibility index (Phi) is 3.44. The van der Waals surface area contributed by atoms with Gasteiger partial charge in [-0.25, -0.2) is 9.78 Å². The molecule has 5 nitrogen and oxygen atoms in total. The van der Waals surface area contributed by atoms with Crippen molar-refractivity contribution in [2.45, 2.75) is 6.92 Å². The molecule has 0 aliphatic heterocycles. The number of rotatable bonds is 3. The summed E-state index contributed by atoms with van der Waals surface area (Å²) < 4.78 is 5.59. The van der Waals surface area contributed by atoms with Crippen LogP contribution in [0.3, 0.4) is 0 Å². The van der Waals surface area contributed by atoms with Crippen LogP contribution in [0.15, 0.2) is 36.5 Å². The van der Waals surface area contributed by atoms with Crippen LogP contribution in [0, 0.1) is 18.3 Å². The Hall–Kier alpha value is -2.87. The molecule has 0 amide bonds. The van der Waals surface area contributed by atoms with Crippen LogP contribution in [0.4, 0.5) is 0 Å². The quantitative estimate of drug-likeness (QED) is 0.910. The zero-order valence-corrected chi connectivity index (χ0v) is 10.1. The van der Waals surface area contributed by atoms with Gasteiger partial charge in [-0.15, -0.1) is 0 Å². The molecular formula is C14H10N2O3. The molecule has 0 aliphatic rings. The lowest BCUT2D eigenvalue weighted by molar-refractivity contribution is 0.0690. The summed E-state index contributed by atoms with van der Waals surface area (Å²) in [7, 11) is 0. The molecule has 0 spiro atoms. The molecule has 1 aromatic heterocycles. The Labute approximate surface area is 109 Å². The topological polar surface area (TPSA) is 83.2 Å². The van der Waals surface area contributed by atoms with Gasteiger partial charge in [0, 0.05) is 12.3 Å². The van der Waals surface area contributed by atoms with Crippen molar-refractivity contribution in [2.24, 2.45) is 0 Å². The fraction of sp³-hybridized carbons (Fsp3) is 0.0714. The molecule has 0 fully saturated rings. The molecular weight excluding hydrogens is 244 g/mol. The van der Waals surface area contributed by atoms with Crippen LogP contribution in [0.1, 0.15) is 21.6 Å². The van der Waals surface area contributed by atoms with Gasteiger partial charge in [0.05, 0.1) is 11.6 Å². The molecule has 0 radical (unpaired) electrons. The molecule has 1 heterocycles. The molecule has 1 aromatic carbocycles. The normalized spacial score (nSPS) is 9.68. The van der Waals surface area contributed by atoms with E-state index in [9.17, 15) is 4.79 Å². The Balaban J connectivity index is 2.33. The average Bonchev–Trinajstić information content (AvgIpc) is 2.41. The zero-order valence-electron chi connectivity index (χ0n) is 10.1. The Morgan fingerprint density at radius 2 is 2.16 bits per heavy atom. The van der Waals surface area contributed by atoms with Crippen molar-refractivity contribution < 1.29 is 14.6 Å². The fourth-order valence-electron chi connectivity index (χ4n) is 1.50. The van der Waals surface area contributed by atoms with Gasteiger partial charge >= 0.3 is 5.97 Å². The molecule has 0 unspecified atom stereocenters. The number of carboxylic acids is 1. The molecule has 5 heteroatoms. The minimum absolute atomic E-state index is 0.0911. The smallest absolute Gasteiger partial charge is 0.354 e. The monoisotopic (exact) mass is 254 g/mol. The first-order chi connectivity index (χ1) is 9.10. The fourth-order valence-corrected chi connectivity index (χ4v) is 1.50. The summed E-state index contributed by atoms with van der Waals surface area (Å²) in [6.07, 6.45) is 1.36. The summed E-state index contributed by atoms with van der Waals surface area (Å²) in [4.78, 5) is 14.5. The number of hydrogen-bond acceptors (Lipinski definition) is 4. The number of nitriles is 1. The van der Waals surface area contributed by atoms with Crippen molar-refractivity contribution in [3.05, 3.63) is 53.3 Å². The molecule has 0 bridgehead atoms. The lowest BCUT2D eigenvalue weighted by Crippen LogP contribution is -2.00. The van der Waals surface area contributed by atoms with Gasteiger partial charge in [-0.05, 0) is 30.7 Å². The predicted octanol–water partition coefficient (Wildman–Crippen LogP) is 2.75. The van der Waals surface area contributed by atoms with Crippen LogP contribution in [-0.4, -0.2) is 16.1 Å². The van der Waals surface area contributed by atoms with Crippen LogP contribution < -0.4 is 4.74 Å². The van der Waals surface area contributed by atoms with Gasteiger partial charge in [-0.2, -0.15) is 5.26 Å². The largest absolute Gasteiger partial charge is 0.477 e. The number of carboxylic acid groups (broad SMARTS) is 1. The van der Waals surface area contributed by atoms with Crippen LogP contribution in [0.5, 0.6) is 11.5 Å². The van der Waals surface area contributed by atoms with Crippen LogP contribution in [0.2, 0.25) is 0 Å². The lowest BCUT2D eigenvalue weighted by atomic mass is 10.1. The second-order valence-electron chi connectivity index (χ2n) is 3.88. The highest BCUT2D eigenvalue weighted by atomic mass is 16.5. The second-order valence-corrected chi connectivity index (χ2v) is 3.88. The summed E-state index contributed by atoms with van der Waals surface area (Å²) in [6, 6.07) is 9.99. The maximum atomic E-state index is 10.8. The lowest BCUT2D eigenvalue weighted by Gasteiger charge is -2.09. The Morgan fingerprint density at radius 1 is 1.37 bits per heavy atom. The number of ether oxygens (including phenoxy) is 1. The third kappa shape index (κ3) is 2.87. The summed E-state index contributed by atoms with van der Waals surface area (Å²) in [6.45, 7) is 1.84. The number of carbonyl (C=O) groups is 1. The van der Waals surface area contributed by atoms with E-state index in [1.165, 1.54) is 12.3 Å². The van der Waals surface area contributed by atoms with E-state index in [0.717, 1.165) is 5.56 Å². The number of benzene rings is 1. The molecule has 19 heavy (non-hydrogen) atoms. The van der Waals surface area contributed by atoms with Crippen LogP contribution >= 0.6 is 0 Å². The molecule has 1 N–H and O–H groups in total. The van der Waals surface area contributed by atoms with Gasteiger partial charge in [0.25, 0.3) is 0 Å². The molecule has 2 rings (SSSR count). The van der Waals surface area contributed by atoms with Gasteiger partial charge in [0.2, 0.25) is 0 Å². The van der Waals surface area contributed by atoms with Crippen molar-refractivity contribution in [3.8, 4) is 17.6 Å². The van der Waals surface area contributed by atoms with E-state index in [-0.39, 0.29) is 5.69 Å². The maximum Gasteiger partial charge on any atom is 0.354 e. The molecule has 0 saturated carbocycles. The van der Waals surface area contributed by atoms with Crippen molar-refractivity contribution in [1.29, 1.82) is 5.26 Å². The van der Waals surface area contributed by atoms with Crippen molar-refractivity contribution >= 4 is 5.97 Å². The number of nitrogens with zero attached hydrogens (tertiary/aromatic N) is 2. The molecule has 94 valence electrons. The van der Waals surface area contributed by atoms with E-state index >= 15 is 0 Å². The summed E-state index contributed by atoms with van der Waals surface area (Å²) >= 11 is 0. The average molecular weight is 254 g/mol. The van der Waals surface area contributed by atoms with E-state index in [4.69, 9.17) is 15.1 Å². The summed E-state index contributed by atoms with van der Waals surface area (Å²) in [5, 5.41) is 17.7.